The highest BCUT2D eigenvalue weighted by molar-refractivity contribution is 5.91. The lowest BCUT2D eigenvalue weighted by Crippen LogP contribution is -2.36. The van der Waals surface area contributed by atoms with E-state index in [0.29, 0.717) is 18.2 Å². The van der Waals surface area contributed by atoms with Crippen LogP contribution in [0.25, 0.3) is 0 Å². The maximum absolute atomic E-state index is 12.3. The van der Waals surface area contributed by atoms with Crippen molar-refractivity contribution < 1.29 is 9.59 Å². The van der Waals surface area contributed by atoms with Gasteiger partial charge in [-0.25, -0.2) is 0 Å². The van der Waals surface area contributed by atoms with Crippen LogP contribution in [0.3, 0.4) is 0 Å². The zero-order valence-electron chi connectivity index (χ0n) is 16.8. The zero-order chi connectivity index (χ0) is 20.1. The van der Waals surface area contributed by atoms with E-state index in [1.807, 2.05) is 47.4 Å². The normalized spacial score (nSPS) is 17.0. The SMILES string of the molecule is O=C(CCc1ccccc1)Nc1ccc(N2CCCN(C(=O)C3CC3)CC2)cc1. The van der Waals surface area contributed by atoms with Gasteiger partial charge in [-0.2, -0.15) is 0 Å². The van der Waals surface area contributed by atoms with E-state index in [4.69, 9.17) is 0 Å². The van der Waals surface area contributed by atoms with Gasteiger partial charge >= 0.3 is 0 Å². The van der Waals surface area contributed by atoms with E-state index < -0.39 is 0 Å². The van der Waals surface area contributed by atoms with Crippen molar-refractivity contribution >= 4 is 23.2 Å². The van der Waals surface area contributed by atoms with Gasteiger partial charge in [0.2, 0.25) is 11.8 Å². The number of carbonyl (C=O) groups is 2. The summed E-state index contributed by atoms with van der Waals surface area (Å²) in [5, 5.41) is 2.99. The van der Waals surface area contributed by atoms with Gasteiger partial charge in [-0.3, -0.25) is 9.59 Å². The lowest BCUT2D eigenvalue weighted by Gasteiger charge is -2.24. The first-order chi connectivity index (χ1) is 14.2. The molecule has 1 N–H and O–H groups in total. The molecule has 1 heterocycles. The highest BCUT2D eigenvalue weighted by atomic mass is 16.2. The Morgan fingerprint density at radius 3 is 2.38 bits per heavy atom. The van der Waals surface area contributed by atoms with Crippen molar-refractivity contribution in [1.29, 1.82) is 0 Å². The summed E-state index contributed by atoms with van der Waals surface area (Å²) in [6.45, 7) is 3.48. The van der Waals surface area contributed by atoms with Crippen LogP contribution in [0.5, 0.6) is 0 Å². The Labute approximate surface area is 172 Å². The molecule has 1 aliphatic heterocycles. The van der Waals surface area contributed by atoms with Gasteiger partial charge < -0.3 is 15.1 Å². The molecule has 1 saturated carbocycles. The van der Waals surface area contributed by atoms with E-state index >= 15 is 0 Å². The molecule has 0 atom stereocenters. The fourth-order valence-corrected chi connectivity index (χ4v) is 3.87. The van der Waals surface area contributed by atoms with Crippen LogP contribution in [0.4, 0.5) is 11.4 Å². The van der Waals surface area contributed by atoms with E-state index in [-0.39, 0.29) is 5.91 Å². The van der Waals surface area contributed by atoms with Crippen LogP contribution in [0.1, 0.15) is 31.2 Å². The van der Waals surface area contributed by atoms with Crippen molar-refractivity contribution in [2.75, 3.05) is 36.4 Å². The first kappa shape index (κ1) is 19.5. The van der Waals surface area contributed by atoms with Crippen molar-refractivity contribution in [2.24, 2.45) is 5.92 Å². The van der Waals surface area contributed by atoms with Crippen molar-refractivity contribution in [3.05, 3.63) is 60.2 Å². The highest BCUT2D eigenvalue weighted by Crippen LogP contribution is 2.31. The molecule has 5 heteroatoms. The molecule has 0 radical (unpaired) electrons. The molecule has 152 valence electrons. The smallest absolute Gasteiger partial charge is 0.225 e. The van der Waals surface area contributed by atoms with E-state index in [2.05, 4.69) is 22.3 Å². The van der Waals surface area contributed by atoms with Gasteiger partial charge in [0.25, 0.3) is 0 Å². The van der Waals surface area contributed by atoms with Gasteiger partial charge in [-0.1, -0.05) is 30.3 Å². The fourth-order valence-electron chi connectivity index (χ4n) is 3.87. The monoisotopic (exact) mass is 391 g/mol. The Morgan fingerprint density at radius 2 is 1.66 bits per heavy atom. The van der Waals surface area contributed by atoms with E-state index in [1.54, 1.807) is 0 Å². The van der Waals surface area contributed by atoms with E-state index in [1.165, 1.54) is 5.56 Å². The Bertz CT molecular complexity index is 831. The van der Waals surface area contributed by atoms with E-state index in [9.17, 15) is 9.59 Å². The zero-order valence-corrected chi connectivity index (χ0v) is 16.8. The first-order valence-electron chi connectivity index (χ1n) is 10.7. The minimum atomic E-state index is 0.0330. The predicted octanol–water partition coefficient (Wildman–Crippen LogP) is 3.71. The van der Waals surface area contributed by atoms with Crippen LogP contribution in [0.15, 0.2) is 54.6 Å². The molecular weight excluding hydrogens is 362 g/mol. The molecule has 1 saturated heterocycles. The summed E-state index contributed by atoms with van der Waals surface area (Å²) in [6, 6.07) is 18.1. The number of amides is 2. The second-order valence-electron chi connectivity index (χ2n) is 8.02. The molecule has 5 nitrogen and oxygen atoms in total. The predicted molar refractivity (Wildman–Crippen MR) is 116 cm³/mol. The van der Waals surface area contributed by atoms with Gasteiger partial charge in [0.05, 0.1) is 0 Å². The number of benzene rings is 2. The molecule has 1 aliphatic carbocycles. The average molecular weight is 392 g/mol. The molecule has 2 amide bonds. The number of nitrogens with one attached hydrogen (secondary N) is 1. The number of hydrogen-bond acceptors (Lipinski definition) is 3. The summed E-state index contributed by atoms with van der Waals surface area (Å²) < 4.78 is 0. The summed E-state index contributed by atoms with van der Waals surface area (Å²) in [7, 11) is 0. The van der Waals surface area contributed by atoms with Crippen LogP contribution >= 0.6 is 0 Å². The van der Waals surface area contributed by atoms with Gasteiger partial charge in [0, 0.05) is 49.9 Å². The summed E-state index contributed by atoms with van der Waals surface area (Å²) in [5.74, 6) is 0.678. The topological polar surface area (TPSA) is 52.7 Å². The van der Waals surface area contributed by atoms with Crippen LogP contribution < -0.4 is 10.2 Å². The molecule has 0 unspecified atom stereocenters. The second kappa shape index (κ2) is 9.12. The largest absolute Gasteiger partial charge is 0.370 e. The van der Waals surface area contributed by atoms with E-state index in [0.717, 1.165) is 63.2 Å². The summed E-state index contributed by atoms with van der Waals surface area (Å²) in [5.41, 5.74) is 3.15. The van der Waals surface area contributed by atoms with Gasteiger partial charge in [0.1, 0.15) is 0 Å². The molecule has 2 aliphatic rings. The maximum Gasteiger partial charge on any atom is 0.225 e. The highest BCUT2D eigenvalue weighted by Gasteiger charge is 2.33. The number of aryl methyl sites for hydroxylation is 1. The molecule has 2 aromatic rings. The molecule has 29 heavy (non-hydrogen) atoms. The number of carbonyl (C=O) groups excluding carboxylic acids is 2. The van der Waals surface area contributed by atoms with Gasteiger partial charge in [-0.15, -0.1) is 0 Å². The lowest BCUT2D eigenvalue weighted by atomic mass is 10.1. The third-order valence-electron chi connectivity index (χ3n) is 5.73. The van der Waals surface area contributed by atoms with Crippen molar-refractivity contribution in [1.82, 2.24) is 4.90 Å². The Morgan fingerprint density at radius 1 is 0.897 bits per heavy atom. The standard InChI is InChI=1S/C24H29N3O2/c28-23(14-7-19-5-2-1-3-6-19)25-21-10-12-22(13-11-21)26-15-4-16-27(18-17-26)24(29)20-8-9-20/h1-3,5-6,10-13,20H,4,7-9,14-18H2,(H,25,28). The quantitative estimate of drug-likeness (QED) is 0.817. The van der Waals surface area contributed by atoms with Crippen LogP contribution in [-0.2, 0) is 16.0 Å². The minimum absolute atomic E-state index is 0.0330. The molecule has 2 fully saturated rings. The minimum Gasteiger partial charge on any atom is -0.370 e. The van der Waals surface area contributed by atoms with Gasteiger partial charge in [0.15, 0.2) is 0 Å². The Balaban J connectivity index is 1.27. The molecule has 0 spiro atoms. The lowest BCUT2D eigenvalue weighted by molar-refractivity contribution is -0.132. The number of nitrogens with zero attached hydrogens (tertiary/aromatic N) is 2. The molecular formula is C24H29N3O2. The van der Waals surface area contributed by atoms with Crippen molar-refractivity contribution in [3.8, 4) is 0 Å². The molecule has 2 aromatic carbocycles. The van der Waals surface area contributed by atoms with Crippen LogP contribution in [-0.4, -0.2) is 42.9 Å². The molecule has 0 bridgehead atoms. The Hall–Kier alpha value is -2.82. The summed E-state index contributed by atoms with van der Waals surface area (Å²) in [6.07, 6.45) is 4.35. The molecule has 4 rings (SSSR count). The number of anilines is 2. The second-order valence-corrected chi connectivity index (χ2v) is 8.02. The third kappa shape index (κ3) is 5.37. The summed E-state index contributed by atoms with van der Waals surface area (Å²) >= 11 is 0. The Kier molecular flexibility index (Phi) is 6.13. The average Bonchev–Trinajstić information content (AvgIpc) is 3.60. The van der Waals surface area contributed by atoms with Crippen LogP contribution in [0.2, 0.25) is 0 Å². The van der Waals surface area contributed by atoms with Gasteiger partial charge in [-0.05, 0) is 55.5 Å². The summed E-state index contributed by atoms with van der Waals surface area (Å²) in [4.78, 5) is 28.9. The van der Waals surface area contributed by atoms with Crippen molar-refractivity contribution in [3.63, 3.8) is 0 Å². The number of rotatable bonds is 6. The number of hydrogen-bond donors (Lipinski definition) is 1. The molecule has 0 aromatic heterocycles. The fraction of sp³-hybridized carbons (Fsp3) is 0.417. The first-order valence-corrected chi connectivity index (χ1v) is 10.7. The maximum atomic E-state index is 12.3. The van der Waals surface area contributed by atoms with Crippen molar-refractivity contribution in [2.45, 2.75) is 32.1 Å². The third-order valence-corrected chi connectivity index (χ3v) is 5.73. The van der Waals surface area contributed by atoms with Crippen LogP contribution in [0, 0.1) is 5.92 Å².